The average molecular weight is 234 g/mol. The summed E-state index contributed by atoms with van der Waals surface area (Å²) in [5.41, 5.74) is 2.05. The molecule has 5 heteroatoms. The van der Waals surface area contributed by atoms with Gasteiger partial charge in [0.05, 0.1) is 17.7 Å². The van der Waals surface area contributed by atoms with E-state index in [4.69, 9.17) is 4.74 Å². The molecule has 4 nitrogen and oxygen atoms in total. The van der Waals surface area contributed by atoms with Crippen LogP contribution < -0.4 is 0 Å². The first-order chi connectivity index (χ1) is 7.74. The monoisotopic (exact) mass is 234 g/mol. The summed E-state index contributed by atoms with van der Waals surface area (Å²) in [6, 6.07) is 2.02. The van der Waals surface area contributed by atoms with Crippen LogP contribution in [0.15, 0.2) is 18.5 Å². The molecule has 2 aromatic rings. The third-order valence-corrected chi connectivity index (χ3v) is 3.81. The van der Waals surface area contributed by atoms with E-state index in [1.807, 2.05) is 25.5 Å². The molecular formula is C11H10N2O2S. The van der Waals surface area contributed by atoms with Gasteiger partial charge in [0.25, 0.3) is 0 Å². The van der Waals surface area contributed by atoms with Gasteiger partial charge < -0.3 is 4.74 Å². The van der Waals surface area contributed by atoms with Crippen molar-refractivity contribution in [3.8, 4) is 10.4 Å². The third-order valence-electron chi connectivity index (χ3n) is 2.54. The Morgan fingerprint density at radius 1 is 1.50 bits per heavy atom. The summed E-state index contributed by atoms with van der Waals surface area (Å²) in [7, 11) is 1.88. The predicted octanol–water partition coefficient (Wildman–Crippen LogP) is 1.86. The second-order valence-electron chi connectivity index (χ2n) is 3.78. The fourth-order valence-corrected chi connectivity index (χ4v) is 2.85. The van der Waals surface area contributed by atoms with E-state index in [0.717, 1.165) is 20.9 Å². The molecule has 1 aliphatic rings. The molecule has 0 aromatic carbocycles. The van der Waals surface area contributed by atoms with Crippen LogP contribution in [0.3, 0.4) is 0 Å². The molecule has 0 radical (unpaired) electrons. The van der Waals surface area contributed by atoms with Crippen molar-refractivity contribution >= 4 is 17.1 Å². The van der Waals surface area contributed by atoms with Crippen LogP contribution in [0.25, 0.3) is 10.4 Å². The smallest absolute Gasteiger partial charge is 0.198 e. The van der Waals surface area contributed by atoms with Gasteiger partial charge in [-0.25, -0.2) is 0 Å². The third kappa shape index (κ3) is 1.48. The van der Waals surface area contributed by atoms with Gasteiger partial charge in [0.2, 0.25) is 0 Å². The first-order valence-corrected chi connectivity index (χ1v) is 5.78. The lowest BCUT2D eigenvalue weighted by Crippen LogP contribution is -2.15. The Balaban J connectivity index is 2.07. The number of carbonyl (C=O) groups is 1. The first kappa shape index (κ1) is 9.74. The average Bonchev–Trinajstić information content (AvgIpc) is 2.84. The molecule has 3 heterocycles. The first-order valence-electron chi connectivity index (χ1n) is 4.97. The Labute approximate surface area is 96.5 Å². The van der Waals surface area contributed by atoms with E-state index in [9.17, 15) is 4.79 Å². The summed E-state index contributed by atoms with van der Waals surface area (Å²) in [5, 5.41) is 4.13. The normalized spacial score (nSPS) is 15.2. The lowest BCUT2D eigenvalue weighted by molar-refractivity contribution is 0.0673. The number of aryl methyl sites for hydroxylation is 1. The number of hydrogen-bond acceptors (Lipinski definition) is 4. The van der Waals surface area contributed by atoms with Crippen LogP contribution in [0.4, 0.5) is 0 Å². The second-order valence-corrected chi connectivity index (χ2v) is 4.84. The molecule has 0 spiro atoms. The summed E-state index contributed by atoms with van der Waals surface area (Å²) in [6.45, 7) is 0.748. The number of carbonyl (C=O) groups excluding carboxylic acids is 1. The number of hydrogen-bond donors (Lipinski definition) is 0. The number of nitrogens with zero attached hydrogens (tertiary/aromatic N) is 2. The molecule has 16 heavy (non-hydrogen) atoms. The molecule has 0 aliphatic carbocycles. The maximum Gasteiger partial charge on any atom is 0.198 e. The van der Waals surface area contributed by atoms with Gasteiger partial charge >= 0.3 is 0 Å². The molecule has 82 valence electrons. The van der Waals surface area contributed by atoms with Gasteiger partial charge in [0.15, 0.2) is 5.78 Å². The van der Waals surface area contributed by atoms with Crippen LogP contribution in [-0.4, -0.2) is 22.2 Å². The molecule has 3 rings (SSSR count). The SMILES string of the molecule is Cn1cc(-c2cc3c(s2)C(=O)COC3)cn1. The number of ketones is 1. The van der Waals surface area contributed by atoms with Crippen LogP contribution >= 0.6 is 11.3 Å². The van der Waals surface area contributed by atoms with E-state index >= 15 is 0 Å². The van der Waals surface area contributed by atoms with Gasteiger partial charge in [-0.15, -0.1) is 11.3 Å². The van der Waals surface area contributed by atoms with Crippen molar-refractivity contribution in [2.24, 2.45) is 7.05 Å². The highest BCUT2D eigenvalue weighted by molar-refractivity contribution is 7.17. The molecule has 0 saturated carbocycles. The lowest BCUT2D eigenvalue weighted by atomic mass is 10.1. The number of ether oxygens (including phenoxy) is 1. The minimum atomic E-state index is 0.0846. The Morgan fingerprint density at radius 2 is 2.38 bits per heavy atom. The Bertz CT molecular complexity index is 556. The Hall–Kier alpha value is -1.46. The van der Waals surface area contributed by atoms with Crippen molar-refractivity contribution in [1.29, 1.82) is 0 Å². The van der Waals surface area contributed by atoms with Gasteiger partial charge in [-0.3, -0.25) is 9.48 Å². The number of Topliss-reactive ketones (excluding diaryl/α,β-unsaturated/α-hetero) is 1. The van der Waals surface area contributed by atoms with E-state index < -0.39 is 0 Å². The van der Waals surface area contributed by atoms with E-state index in [2.05, 4.69) is 5.10 Å². The molecular weight excluding hydrogens is 224 g/mol. The quantitative estimate of drug-likeness (QED) is 0.756. The van der Waals surface area contributed by atoms with Crippen LogP contribution in [0.1, 0.15) is 15.2 Å². The minimum absolute atomic E-state index is 0.0846. The Morgan fingerprint density at radius 3 is 3.06 bits per heavy atom. The second kappa shape index (κ2) is 3.54. The molecule has 0 unspecified atom stereocenters. The van der Waals surface area contributed by atoms with Gasteiger partial charge in [-0.05, 0) is 6.07 Å². The zero-order valence-corrected chi connectivity index (χ0v) is 9.58. The predicted molar refractivity (Wildman–Crippen MR) is 60.5 cm³/mol. The van der Waals surface area contributed by atoms with Crippen LogP contribution in [0.5, 0.6) is 0 Å². The highest BCUT2D eigenvalue weighted by Gasteiger charge is 2.21. The topological polar surface area (TPSA) is 44.1 Å². The van der Waals surface area contributed by atoms with Crippen molar-refractivity contribution in [3.63, 3.8) is 0 Å². The zero-order chi connectivity index (χ0) is 11.1. The van der Waals surface area contributed by atoms with E-state index in [1.165, 1.54) is 11.3 Å². The number of fused-ring (bicyclic) bond motifs is 1. The van der Waals surface area contributed by atoms with Gasteiger partial charge in [-0.2, -0.15) is 5.10 Å². The summed E-state index contributed by atoms with van der Waals surface area (Å²) < 4.78 is 6.96. The number of thiophene rings is 1. The Kier molecular flexibility index (Phi) is 2.15. The fourth-order valence-electron chi connectivity index (χ4n) is 1.78. The molecule has 0 fully saturated rings. The molecule has 0 saturated heterocycles. The maximum absolute atomic E-state index is 11.6. The highest BCUT2D eigenvalue weighted by atomic mass is 32.1. The van der Waals surface area contributed by atoms with E-state index in [1.54, 1.807) is 4.68 Å². The van der Waals surface area contributed by atoms with Gasteiger partial charge in [0.1, 0.15) is 6.61 Å². The van der Waals surface area contributed by atoms with Crippen molar-refractivity contribution < 1.29 is 9.53 Å². The van der Waals surface area contributed by atoms with Crippen molar-refractivity contribution in [2.45, 2.75) is 6.61 Å². The fraction of sp³-hybridized carbons (Fsp3) is 0.273. The van der Waals surface area contributed by atoms with Gasteiger partial charge in [-0.1, -0.05) is 0 Å². The highest BCUT2D eigenvalue weighted by Crippen LogP contribution is 2.33. The van der Waals surface area contributed by atoms with Gasteiger partial charge in [0, 0.05) is 29.2 Å². The van der Waals surface area contributed by atoms with Crippen LogP contribution in [0, 0.1) is 0 Å². The van der Waals surface area contributed by atoms with Crippen molar-refractivity contribution in [1.82, 2.24) is 9.78 Å². The number of rotatable bonds is 1. The molecule has 1 aliphatic heterocycles. The van der Waals surface area contributed by atoms with E-state index in [-0.39, 0.29) is 12.4 Å². The summed E-state index contributed by atoms with van der Waals surface area (Å²) in [5.74, 6) is 0.0846. The maximum atomic E-state index is 11.6. The minimum Gasteiger partial charge on any atom is -0.369 e. The van der Waals surface area contributed by atoms with Crippen molar-refractivity contribution in [2.75, 3.05) is 6.61 Å². The summed E-state index contributed by atoms with van der Waals surface area (Å²) in [4.78, 5) is 13.5. The largest absolute Gasteiger partial charge is 0.369 e. The molecule has 0 N–H and O–H groups in total. The summed E-state index contributed by atoms with van der Waals surface area (Å²) in [6.07, 6.45) is 3.76. The lowest BCUT2D eigenvalue weighted by Gasteiger charge is -2.09. The molecule has 0 atom stereocenters. The number of aromatic nitrogens is 2. The molecule has 0 bridgehead atoms. The van der Waals surface area contributed by atoms with Crippen LogP contribution in [0.2, 0.25) is 0 Å². The summed E-state index contributed by atoms with van der Waals surface area (Å²) >= 11 is 1.53. The van der Waals surface area contributed by atoms with Crippen LogP contribution in [-0.2, 0) is 18.4 Å². The van der Waals surface area contributed by atoms with Crippen molar-refractivity contribution in [3.05, 3.63) is 28.9 Å². The zero-order valence-electron chi connectivity index (χ0n) is 8.77. The van der Waals surface area contributed by atoms with E-state index in [0.29, 0.717) is 6.61 Å². The molecule has 2 aromatic heterocycles. The standard InChI is InChI=1S/C11H10N2O2S/c1-13-4-8(3-12-13)10-2-7-5-15-6-9(14)11(7)16-10/h2-4H,5-6H2,1H3. The molecule has 0 amide bonds.